The molecule has 0 aliphatic rings. The molecule has 0 atom stereocenters. The van der Waals surface area contributed by atoms with E-state index >= 15 is 0 Å². The molecular formula is C46H32F4Ir2N2P2-4. The summed E-state index contributed by atoms with van der Waals surface area (Å²) >= 11 is 0. The van der Waals surface area contributed by atoms with Crippen LogP contribution in [0, 0.1) is 35.4 Å². The molecule has 2 heterocycles. The number of hydrogen-bond donors (Lipinski definition) is 0. The molecule has 0 N–H and O–H groups in total. The van der Waals surface area contributed by atoms with Crippen molar-refractivity contribution in [2.45, 2.75) is 0 Å². The predicted octanol–water partition coefficient (Wildman–Crippen LogP) is 10.8. The fourth-order valence-corrected chi connectivity index (χ4v) is 6.49. The van der Waals surface area contributed by atoms with Gasteiger partial charge in [0.15, 0.2) is 0 Å². The van der Waals surface area contributed by atoms with Crippen molar-refractivity contribution in [3.8, 4) is 22.5 Å². The summed E-state index contributed by atoms with van der Waals surface area (Å²) in [5.41, 5.74) is 1.27. The zero-order chi connectivity index (χ0) is 37.8. The van der Waals surface area contributed by atoms with Crippen LogP contribution >= 0.6 is 17.2 Å². The molecule has 8 rings (SSSR count). The molecule has 0 aliphatic heterocycles. The Labute approximate surface area is 356 Å². The smallest absolute Gasteiger partial charge is 0.0408 e. The number of hydrogen-bond acceptors (Lipinski definition) is 2. The van der Waals surface area contributed by atoms with Gasteiger partial charge in [-0.1, -0.05) is 169 Å². The van der Waals surface area contributed by atoms with Crippen LogP contribution in [0.3, 0.4) is 0 Å². The maximum absolute atomic E-state index is 13.2. The van der Waals surface area contributed by atoms with Gasteiger partial charge in [-0.25, -0.2) is 21.2 Å². The second kappa shape index (κ2) is 25.6. The fourth-order valence-electron chi connectivity index (χ4n) is 4.61. The number of halogens is 4. The molecule has 10 heteroatoms. The first-order valence-corrected chi connectivity index (χ1v) is 18.4. The van der Waals surface area contributed by atoms with E-state index in [0.717, 1.165) is 24.3 Å². The van der Waals surface area contributed by atoms with Crippen LogP contribution in [0.4, 0.5) is 17.6 Å². The molecule has 0 aliphatic carbocycles. The Morgan fingerprint density at radius 3 is 0.911 bits per heavy atom. The molecule has 56 heavy (non-hydrogen) atoms. The summed E-state index contributed by atoms with van der Waals surface area (Å²) < 4.78 is 51.6. The van der Waals surface area contributed by atoms with Crippen LogP contribution in [0.15, 0.2) is 194 Å². The second-order valence-corrected chi connectivity index (χ2v) is 13.6. The van der Waals surface area contributed by atoms with E-state index in [1.165, 1.54) is 38.4 Å². The second-order valence-electron chi connectivity index (χ2n) is 11.1. The van der Waals surface area contributed by atoms with Crippen LogP contribution in [-0.2, 0) is 40.2 Å². The average molecular weight is 1140 g/mol. The molecule has 286 valence electrons. The van der Waals surface area contributed by atoms with Crippen LogP contribution in [0.5, 0.6) is 0 Å². The van der Waals surface area contributed by atoms with E-state index < -0.39 is 23.3 Å². The van der Waals surface area contributed by atoms with Gasteiger partial charge in [0.1, 0.15) is 0 Å². The normalized spacial score (nSPS) is 9.64. The Bertz CT molecular complexity index is 2020. The molecule has 0 saturated carbocycles. The fraction of sp³-hybridized carbons (Fsp3) is 0. The molecule has 2 aromatic heterocycles. The van der Waals surface area contributed by atoms with Gasteiger partial charge in [0.2, 0.25) is 0 Å². The van der Waals surface area contributed by atoms with Crippen molar-refractivity contribution in [1.29, 1.82) is 0 Å². The van der Waals surface area contributed by atoms with Crippen LogP contribution < -0.4 is 21.2 Å². The first-order valence-electron chi connectivity index (χ1n) is 16.6. The van der Waals surface area contributed by atoms with Gasteiger partial charge in [-0.15, -0.1) is 24.3 Å². The van der Waals surface area contributed by atoms with Gasteiger partial charge in [0.25, 0.3) is 0 Å². The Hall–Kier alpha value is -4.50. The van der Waals surface area contributed by atoms with Gasteiger partial charge >= 0.3 is 0 Å². The number of benzene rings is 6. The van der Waals surface area contributed by atoms with E-state index in [1.807, 2.05) is 24.3 Å². The minimum absolute atomic E-state index is 0. The molecule has 0 bridgehead atoms. The molecule has 0 unspecified atom stereocenters. The number of aromatic nitrogens is 2. The third-order valence-corrected chi connectivity index (χ3v) is 9.32. The standard InChI is InChI=1S/2C12H10P.2C11H6F2N.2Ir/c2*1-3-7-11(8-4-1)13-12-9-5-2-6-10-12;2*12-8-4-5-9(10(13)7-8)11-3-1-2-6-14-11;;/h2*1-10H;2*1-4,6-7H;;/q4*-1;;. The number of nitrogens with zero attached hydrogens (tertiary/aromatic N) is 2. The summed E-state index contributed by atoms with van der Waals surface area (Å²) in [6, 6.07) is 61.0. The summed E-state index contributed by atoms with van der Waals surface area (Å²) in [5, 5.41) is 5.37. The van der Waals surface area contributed by atoms with Crippen molar-refractivity contribution in [2.75, 3.05) is 0 Å². The molecule has 6 aromatic carbocycles. The van der Waals surface area contributed by atoms with E-state index in [4.69, 9.17) is 0 Å². The predicted molar refractivity (Wildman–Crippen MR) is 215 cm³/mol. The average Bonchev–Trinajstić information content (AvgIpc) is 3.21. The monoisotopic (exact) mass is 1140 g/mol. The molecular weight excluding hydrogens is 1100 g/mol. The van der Waals surface area contributed by atoms with Crippen LogP contribution in [-0.4, -0.2) is 9.97 Å². The quantitative estimate of drug-likeness (QED) is 0.0942. The molecule has 8 aromatic rings. The van der Waals surface area contributed by atoms with Gasteiger partial charge in [0, 0.05) is 75.9 Å². The van der Waals surface area contributed by atoms with E-state index in [0.29, 0.717) is 11.4 Å². The largest absolute Gasteiger partial charge is 0.472 e. The van der Waals surface area contributed by atoms with Crippen molar-refractivity contribution in [3.05, 3.63) is 230 Å². The SMILES string of the molecule is Fc1c[c-]c(-c2ccccn2)c(F)c1.Fc1c[c-]c(-c2ccccn2)c(F)c1.[Ir].[Ir].c1ccc([P-]c2ccccc2)cc1.c1ccc([P-]c2ccccc2)cc1. The van der Waals surface area contributed by atoms with Crippen molar-refractivity contribution in [3.63, 3.8) is 0 Å². The van der Waals surface area contributed by atoms with Gasteiger partial charge in [-0.2, -0.15) is 0 Å². The third-order valence-electron chi connectivity index (χ3n) is 7.10. The van der Waals surface area contributed by atoms with Crippen molar-refractivity contribution < 1.29 is 57.8 Å². The molecule has 0 spiro atoms. The Balaban J connectivity index is 0.000000198. The molecule has 2 radical (unpaired) electrons. The van der Waals surface area contributed by atoms with Gasteiger partial charge < -0.3 is 27.1 Å². The molecule has 0 saturated heterocycles. The molecule has 0 amide bonds. The topological polar surface area (TPSA) is 25.8 Å². The van der Waals surface area contributed by atoms with E-state index in [2.05, 4.69) is 119 Å². The number of pyridine rings is 2. The molecule has 2 nitrogen and oxygen atoms in total. The summed E-state index contributed by atoms with van der Waals surface area (Å²) in [7, 11) is 2.56. The van der Waals surface area contributed by atoms with E-state index in [-0.39, 0.29) is 51.3 Å². The summed E-state index contributed by atoms with van der Waals surface area (Å²) in [5.74, 6) is -2.57. The summed E-state index contributed by atoms with van der Waals surface area (Å²) in [6.07, 6.45) is 3.10. The van der Waals surface area contributed by atoms with Crippen molar-refractivity contribution in [1.82, 2.24) is 9.97 Å². The van der Waals surface area contributed by atoms with Gasteiger partial charge in [-0.05, 0) is 23.5 Å². The summed E-state index contributed by atoms with van der Waals surface area (Å²) in [4.78, 5) is 7.89. The summed E-state index contributed by atoms with van der Waals surface area (Å²) in [6.45, 7) is 0. The maximum Gasteiger partial charge on any atom is 0.0408 e. The number of rotatable bonds is 6. The Morgan fingerprint density at radius 1 is 0.375 bits per heavy atom. The minimum Gasteiger partial charge on any atom is -0.472 e. The molecule has 0 fully saturated rings. The van der Waals surface area contributed by atoms with Crippen LogP contribution in [0.25, 0.3) is 22.5 Å². The Kier molecular flexibility index (Phi) is 21.0. The minimum atomic E-state index is -0.649. The van der Waals surface area contributed by atoms with Gasteiger partial charge in [-0.3, -0.25) is 17.6 Å². The van der Waals surface area contributed by atoms with E-state index in [1.54, 1.807) is 48.8 Å². The Morgan fingerprint density at radius 2 is 0.661 bits per heavy atom. The van der Waals surface area contributed by atoms with Crippen molar-refractivity contribution in [2.24, 2.45) is 0 Å². The third kappa shape index (κ3) is 15.9. The van der Waals surface area contributed by atoms with Crippen LogP contribution in [0.2, 0.25) is 0 Å². The zero-order valence-electron chi connectivity index (χ0n) is 29.4. The maximum atomic E-state index is 13.2. The van der Waals surface area contributed by atoms with Crippen molar-refractivity contribution >= 4 is 38.4 Å². The van der Waals surface area contributed by atoms with E-state index in [9.17, 15) is 17.6 Å². The zero-order valence-corrected chi connectivity index (χ0v) is 36.0. The first-order chi connectivity index (χ1) is 26.4. The first kappa shape index (κ1) is 45.9. The van der Waals surface area contributed by atoms with Crippen LogP contribution in [0.1, 0.15) is 0 Å². The van der Waals surface area contributed by atoms with Gasteiger partial charge in [0.05, 0.1) is 0 Å².